The molecule has 0 radical (unpaired) electrons. The van der Waals surface area contributed by atoms with Gasteiger partial charge in [0.2, 0.25) is 0 Å². The topological polar surface area (TPSA) is 26.3 Å². The molecule has 0 unspecified atom stereocenters. The first-order valence-electron chi connectivity index (χ1n) is 4.23. The lowest BCUT2D eigenvalue weighted by molar-refractivity contribution is -0.107. The third-order valence-corrected chi connectivity index (χ3v) is 1.97. The fourth-order valence-electron chi connectivity index (χ4n) is 1.03. The van der Waals surface area contributed by atoms with Crippen molar-refractivity contribution in [2.24, 2.45) is 0 Å². The number of carbonyl (C=O) groups is 1. The van der Waals surface area contributed by atoms with Gasteiger partial charge in [0.15, 0.2) is 0 Å². The maximum absolute atomic E-state index is 10.3. The molecule has 0 fully saturated rings. The summed E-state index contributed by atoms with van der Waals surface area (Å²) in [5, 5.41) is 0.520. The van der Waals surface area contributed by atoms with Gasteiger partial charge in [-0.2, -0.15) is 0 Å². The zero-order chi connectivity index (χ0) is 10.4. The van der Waals surface area contributed by atoms with Gasteiger partial charge in [-0.3, -0.25) is 0 Å². The van der Waals surface area contributed by atoms with Crippen LogP contribution in [0.15, 0.2) is 30.9 Å². The van der Waals surface area contributed by atoms with E-state index in [1.807, 2.05) is 6.07 Å². The van der Waals surface area contributed by atoms with Crippen LogP contribution in [0.3, 0.4) is 0 Å². The van der Waals surface area contributed by atoms with Crippen molar-refractivity contribution < 1.29 is 9.53 Å². The maximum atomic E-state index is 10.3. The van der Waals surface area contributed by atoms with E-state index in [1.165, 1.54) is 0 Å². The van der Waals surface area contributed by atoms with Crippen LogP contribution in [0.5, 0.6) is 5.75 Å². The highest BCUT2D eigenvalue weighted by molar-refractivity contribution is 6.32. The number of halogens is 1. The monoisotopic (exact) mass is 210 g/mol. The van der Waals surface area contributed by atoms with E-state index >= 15 is 0 Å². The Morgan fingerprint density at radius 2 is 2.29 bits per heavy atom. The fraction of sp³-hybridized carbons (Fsp3) is 0.182. The van der Waals surface area contributed by atoms with Crippen LogP contribution in [0, 0.1) is 0 Å². The zero-order valence-corrected chi connectivity index (χ0v) is 8.46. The van der Waals surface area contributed by atoms with E-state index in [1.54, 1.807) is 18.2 Å². The molecule has 2 nitrogen and oxygen atoms in total. The Bertz CT molecular complexity index is 334. The third-order valence-electron chi connectivity index (χ3n) is 1.67. The van der Waals surface area contributed by atoms with E-state index in [0.29, 0.717) is 23.8 Å². The van der Waals surface area contributed by atoms with Crippen LogP contribution in [0.4, 0.5) is 0 Å². The number of hydrogen-bond donors (Lipinski definition) is 0. The second-order valence-corrected chi connectivity index (χ2v) is 3.14. The van der Waals surface area contributed by atoms with Gasteiger partial charge in [-0.1, -0.05) is 30.3 Å². The smallest absolute Gasteiger partial charge is 0.138 e. The van der Waals surface area contributed by atoms with Gasteiger partial charge in [0.25, 0.3) is 0 Å². The van der Waals surface area contributed by atoms with Crippen molar-refractivity contribution in [2.45, 2.75) is 6.42 Å². The van der Waals surface area contributed by atoms with Crippen LogP contribution in [-0.4, -0.2) is 12.9 Å². The largest absolute Gasteiger partial charge is 0.488 e. The molecule has 0 aliphatic carbocycles. The van der Waals surface area contributed by atoms with Crippen molar-refractivity contribution in [3.8, 4) is 5.75 Å². The minimum absolute atomic E-state index is 0.376. The molecule has 3 heteroatoms. The summed E-state index contributed by atoms with van der Waals surface area (Å²) in [5.41, 5.74) is 0.885. The quantitative estimate of drug-likeness (QED) is 0.552. The molecule has 0 spiro atoms. The molecular formula is C11H11ClO2. The lowest BCUT2D eigenvalue weighted by Gasteiger charge is -2.06. The first-order valence-corrected chi connectivity index (χ1v) is 4.61. The van der Waals surface area contributed by atoms with Gasteiger partial charge in [-0.25, -0.2) is 0 Å². The zero-order valence-electron chi connectivity index (χ0n) is 7.70. The molecule has 0 atom stereocenters. The highest BCUT2D eigenvalue weighted by Gasteiger charge is 2.01. The Kier molecular flexibility index (Phi) is 4.20. The lowest BCUT2D eigenvalue weighted by atomic mass is 10.2. The average molecular weight is 211 g/mol. The first kappa shape index (κ1) is 10.8. The average Bonchev–Trinajstić information content (AvgIpc) is 2.17. The van der Waals surface area contributed by atoms with Gasteiger partial charge in [-0.15, -0.1) is 0 Å². The van der Waals surface area contributed by atoms with Gasteiger partial charge >= 0.3 is 0 Å². The minimum atomic E-state index is 0.376. The number of carbonyl (C=O) groups excluding carboxylic acids is 1. The molecule has 0 aliphatic rings. The number of benzene rings is 1. The van der Waals surface area contributed by atoms with Crippen LogP contribution in [0.1, 0.15) is 5.56 Å². The van der Waals surface area contributed by atoms with Crippen molar-refractivity contribution in [3.63, 3.8) is 0 Å². The molecule has 1 aromatic carbocycles. The lowest BCUT2D eigenvalue weighted by Crippen LogP contribution is -1.94. The molecule has 0 saturated heterocycles. The number of ether oxygens (including phenoxy) is 1. The second kappa shape index (κ2) is 5.45. The number of aldehydes is 1. The molecule has 0 bridgehead atoms. The van der Waals surface area contributed by atoms with Crippen molar-refractivity contribution in [1.82, 2.24) is 0 Å². The molecule has 1 rings (SSSR count). The Labute approximate surface area is 88.1 Å². The summed E-state index contributed by atoms with van der Waals surface area (Å²) >= 11 is 5.93. The Morgan fingerprint density at radius 3 is 2.86 bits per heavy atom. The van der Waals surface area contributed by atoms with E-state index in [2.05, 4.69) is 6.58 Å². The molecule has 74 valence electrons. The highest BCUT2D eigenvalue weighted by atomic mass is 35.5. The van der Waals surface area contributed by atoms with E-state index in [-0.39, 0.29) is 0 Å². The normalized spacial score (nSPS) is 9.50. The first-order chi connectivity index (χ1) is 6.77. The molecule has 14 heavy (non-hydrogen) atoms. The van der Waals surface area contributed by atoms with Crippen molar-refractivity contribution >= 4 is 17.9 Å². The molecule has 0 aliphatic heterocycles. The van der Waals surface area contributed by atoms with Gasteiger partial charge in [0, 0.05) is 6.42 Å². The predicted molar refractivity (Wildman–Crippen MR) is 56.9 cm³/mol. The summed E-state index contributed by atoms with van der Waals surface area (Å²) in [6, 6.07) is 5.30. The molecular weight excluding hydrogens is 200 g/mol. The summed E-state index contributed by atoms with van der Waals surface area (Å²) in [7, 11) is 0. The summed E-state index contributed by atoms with van der Waals surface area (Å²) in [4.78, 5) is 10.3. The van der Waals surface area contributed by atoms with Gasteiger partial charge in [0.05, 0.1) is 5.02 Å². The van der Waals surface area contributed by atoms with Crippen LogP contribution in [-0.2, 0) is 11.2 Å². The van der Waals surface area contributed by atoms with Gasteiger partial charge in [0.1, 0.15) is 18.6 Å². The summed E-state index contributed by atoms with van der Waals surface area (Å²) in [6.07, 6.45) is 2.87. The van der Waals surface area contributed by atoms with Crippen LogP contribution >= 0.6 is 11.6 Å². The Hall–Kier alpha value is -1.28. The van der Waals surface area contributed by atoms with Gasteiger partial charge in [-0.05, 0) is 17.7 Å². The molecule has 0 heterocycles. The van der Waals surface area contributed by atoms with E-state index in [0.717, 1.165) is 11.8 Å². The Balaban J connectivity index is 2.78. The number of rotatable bonds is 5. The van der Waals surface area contributed by atoms with Crippen LogP contribution < -0.4 is 4.74 Å². The molecule has 1 aromatic rings. The standard InChI is InChI=1S/C11H11ClO2/c1-2-7-14-11-4-3-9(5-6-13)8-10(11)12/h2-4,6,8H,1,5,7H2. The van der Waals surface area contributed by atoms with Crippen LogP contribution in [0.25, 0.3) is 0 Å². The molecule has 0 amide bonds. The SMILES string of the molecule is C=CCOc1ccc(CC=O)cc1Cl. The summed E-state index contributed by atoms with van der Waals surface area (Å²) in [5.74, 6) is 0.612. The highest BCUT2D eigenvalue weighted by Crippen LogP contribution is 2.25. The third kappa shape index (κ3) is 2.89. The maximum Gasteiger partial charge on any atom is 0.138 e. The molecule has 0 aromatic heterocycles. The van der Waals surface area contributed by atoms with E-state index in [9.17, 15) is 4.79 Å². The molecule has 0 saturated carbocycles. The van der Waals surface area contributed by atoms with Crippen molar-refractivity contribution in [3.05, 3.63) is 41.4 Å². The minimum Gasteiger partial charge on any atom is -0.488 e. The second-order valence-electron chi connectivity index (χ2n) is 2.74. The van der Waals surface area contributed by atoms with E-state index in [4.69, 9.17) is 16.3 Å². The summed E-state index contributed by atoms with van der Waals surface area (Å²) < 4.78 is 5.28. The van der Waals surface area contributed by atoms with Crippen molar-refractivity contribution in [1.29, 1.82) is 0 Å². The predicted octanol–water partition coefficient (Wildman–Crippen LogP) is 2.65. The fourth-order valence-corrected chi connectivity index (χ4v) is 1.29. The van der Waals surface area contributed by atoms with E-state index < -0.39 is 0 Å². The Morgan fingerprint density at radius 1 is 1.50 bits per heavy atom. The van der Waals surface area contributed by atoms with Crippen molar-refractivity contribution in [2.75, 3.05) is 6.61 Å². The van der Waals surface area contributed by atoms with Gasteiger partial charge < -0.3 is 9.53 Å². The summed E-state index contributed by atoms with van der Waals surface area (Å²) in [6.45, 7) is 3.96. The van der Waals surface area contributed by atoms with Crippen LogP contribution in [0.2, 0.25) is 5.02 Å². The molecule has 0 N–H and O–H groups in total. The number of hydrogen-bond acceptors (Lipinski definition) is 2.